The molecule has 0 saturated carbocycles. The number of nitrogens with zero attached hydrogens (tertiary/aromatic N) is 2. The lowest BCUT2D eigenvalue weighted by Gasteiger charge is -2.30. The number of carbonyl (C=O) groups is 4. The first kappa shape index (κ1) is 54.1. The second-order valence-corrected chi connectivity index (χ2v) is 21.5. The van der Waals surface area contributed by atoms with Gasteiger partial charge in [0.2, 0.25) is 23.6 Å². The molecule has 4 aromatic rings. The van der Waals surface area contributed by atoms with E-state index in [1.165, 1.54) is 112 Å². The summed E-state index contributed by atoms with van der Waals surface area (Å²) in [5.41, 5.74) is 31.2. The highest BCUT2D eigenvalue weighted by molar-refractivity contribution is 6.58. The number of nitrogens with two attached hydrogens (primary N) is 4. The number of hydrogen-bond acceptors (Lipinski definition) is 10. The Labute approximate surface area is 436 Å². The van der Waals surface area contributed by atoms with Crippen molar-refractivity contribution in [2.75, 3.05) is 14.1 Å². The summed E-state index contributed by atoms with van der Waals surface area (Å²) in [6, 6.07) is 34.4. The number of rotatable bonds is 8. The number of amides is 4. The molecular weight excluding hydrogens is 928 g/mol. The lowest BCUT2D eigenvalue weighted by atomic mass is 9.79. The molecule has 74 heavy (non-hydrogen) atoms. The van der Waals surface area contributed by atoms with Crippen molar-refractivity contribution < 1.29 is 29.2 Å². The summed E-state index contributed by atoms with van der Waals surface area (Å²) < 4.78 is 0. The van der Waals surface area contributed by atoms with Gasteiger partial charge in [-0.3, -0.25) is 29.0 Å². The van der Waals surface area contributed by atoms with Crippen LogP contribution in [0.1, 0.15) is 154 Å². The Morgan fingerprint density at radius 1 is 0.527 bits per heavy atom. The molecule has 4 amide bonds. The molecule has 14 nitrogen and oxygen atoms in total. The quantitative estimate of drug-likeness (QED) is 0.0782. The predicted molar refractivity (Wildman–Crippen MR) is 294 cm³/mol. The highest BCUT2D eigenvalue weighted by Crippen LogP contribution is 2.39. The van der Waals surface area contributed by atoms with E-state index in [9.17, 15) is 19.2 Å². The Balaban J connectivity index is 0.000000125. The molecule has 5 fully saturated rings. The zero-order chi connectivity index (χ0) is 52.6. The maximum Gasteiger partial charge on any atom is 0.488 e. The van der Waals surface area contributed by atoms with E-state index in [2.05, 4.69) is 77.9 Å². The second kappa shape index (κ2) is 24.4. The van der Waals surface area contributed by atoms with Crippen molar-refractivity contribution in [1.82, 2.24) is 20.4 Å². The highest BCUT2D eigenvalue weighted by atomic mass is 16.4. The Bertz CT molecular complexity index is 2770. The summed E-state index contributed by atoms with van der Waals surface area (Å²) in [7, 11) is 2.89. The van der Waals surface area contributed by atoms with Crippen molar-refractivity contribution in [2.24, 2.45) is 22.9 Å². The number of benzene rings is 4. The van der Waals surface area contributed by atoms with Crippen LogP contribution in [-0.2, 0) is 0 Å². The molecule has 0 radical (unpaired) electrons. The lowest BCUT2D eigenvalue weighted by molar-refractivity contribution is 0.0991. The van der Waals surface area contributed by atoms with Crippen molar-refractivity contribution >= 4 is 47.4 Å². The minimum atomic E-state index is -1.57. The normalized spacial score (nSPS) is 26.9. The zero-order valence-corrected chi connectivity index (χ0v) is 43.2. The van der Waals surface area contributed by atoms with Gasteiger partial charge in [-0.1, -0.05) is 72.3 Å². The number of likely N-dealkylation sites (N-methyl/N-ethyl adjacent to an activating group) is 2. The number of piperidine rings is 1. The molecule has 390 valence electrons. The molecule has 12 rings (SSSR count). The van der Waals surface area contributed by atoms with Crippen molar-refractivity contribution in [1.29, 1.82) is 0 Å². The number of carbonyl (C=O) groups excluding carboxylic acids is 4. The van der Waals surface area contributed by atoms with Gasteiger partial charge in [0.1, 0.15) is 0 Å². The average molecular weight is 1000 g/mol. The van der Waals surface area contributed by atoms with Gasteiger partial charge in [0, 0.05) is 70.6 Å². The van der Waals surface area contributed by atoms with Gasteiger partial charge in [0.25, 0.3) is 0 Å². The van der Waals surface area contributed by atoms with E-state index >= 15 is 0 Å². The summed E-state index contributed by atoms with van der Waals surface area (Å²) in [6.07, 6.45) is 23.3. The fourth-order valence-corrected chi connectivity index (χ4v) is 12.3. The first-order valence-corrected chi connectivity index (χ1v) is 26.5. The predicted octanol–water partition coefficient (Wildman–Crippen LogP) is 5.78. The van der Waals surface area contributed by atoms with Gasteiger partial charge in [-0.05, 0) is 192 Å². The Kier molecular flexibility index (Phi) is 17.9. The molecule has 0 aliphatic carbocycles. The van der Waals surface area contributed by atoms with Crippen molar-refractivity contribution in [3.8, 4) is 0 Å². The highest BCUT2D eigenvalue weighted by Gasteiger charge is 2.36. The van der Waals surface area contributed by atoms with Crippen LogP contribution >= 0.6 is 0 Å². The molecule has 9 atom stereocenters. The largest absolute Gasteiger partial charge is 0.488 e. The molecule has 12 N–H and O–H groups in total. The van der Waals surface area contributed by atoms with E-state index in [-0.39, 0.29) is 28.7 Å². The molecule has 8 aliphatic heterocycles. The van der Waals surface area contributed by atoms with E-state index in [1.54, 1.807) is 23.8 Å². The zero-order valence-electron chi connectivity index (χ0n) is 43.2. The molecule has 7 unspecified atom stereocenters. The van der Waals surface area contributed by atoms with Crippen LogP contribution in [-0.4, -0.2) is 113 Å². The van der Waals surface area contributed by atoms with Crippen molar-refractivity contribution in [2.45, 2.75) is 145 Å². The maximum absolute atomic E-state index is 11.2. The first-order chi connectivity index (χ1) is 35.5. The Hall–Kier alpha value is -6.20. The van der Waals surface area contributed by atoms with E-state index in [0.717, 1.165) is 36.1 Å². The van der Waals surface area contributed by atoms with Crippen molar-refractivity contribution in [3.05, 3.63) is 160 Å². The van der Waals surface area contributed by atoms with E-state index in [0.29, 0.717) is 58.9 Å². The fourth-order valence-electron chi connectivity index (χ4n) is 12.3. The van der Waals surface area contributed by atoms with Crippen LogP contribution in [0, 0.1) is 0 Å². The first-order valence-electron chi connectivity index (χ1n) is 26.5. The van der Waals surface area contributed by atoms with Crippen LogP contribution in [0.2, 0.25) is 0 Å². The topological polar surface area (TPSA) is 243 Å². The minimum Gasteiger partial charge on any atom is -0.423 e. The summed E-state index contributed by atoms with van der Waals surface area (Å²) in [5.74, 6) is -1.04. The molecule has 0 aromatic heterocycles. The van der Waals surface area contributed by atoms with Gasteiger partial charge >= 0.3 is 7.12 Å². The number of hydrogen-bond donors (Lipinski definition) is 8. The van der Waals surface area contributed by atoms with Crippen LogP contribution in [0.4, 0.5) is 0 Å². The third-order valence-electron chi connectivity index (χ3n) is 16.4. The number of primary amides is 4. The number of fused-ring (bicyclic) bond motifs is 8. The third-order valence-corrected chi connectivity index (χ3v) is 16.4. The van der Waals surface area contributed by atoms with E-state index in [4.69, 9.17) is 33.0 Å². The van der Waals surface area contributed by atoms with E-state index < -0.39 is 13.0 Å². The van der Waals surface area contributed by atoms with Gasteiger partial charge in [-0.25, -0.2) is 0 Å². The summed E-state index contributed by atoms with van der Waals surface area (Å²) >= 11 is 0. The standard InChI is InChI=1S/C15H18N2O.C14H18N2O.C14H16N2O.C9H15N.C7H8BNO3/c1-17-13-5-6-14(17)9-12(8-13)10-3-2-4-11(7-10)15(16)18;2*15-14(17)10-3-1-2-9(6-10)11-7-12-4-5-13(8-11)16-12;1-7-5-8-3-4-9(6-7)10(8)2;9-7(10)5-2-1-3-6(4-5)8(11)12/h2-4,7-8,13-14H,5-6,9H2,1H3,(H2,16,18);1-3,6,11-13,16H,4-5,7-8H2,(H2,15,17);1-3,6-7,12-13,16H,4-5,8H2,(H2,15,17);5,8-9H,3-4,6H2,1-2H3;1-4,11-12H,(H2,9,10)/t;11?,12-,13+;;;. The lowest BCUT2D eigenvalue weighted by Crippen LogP contribution is -2.37. The smallest absolute Gasteiger partial charge is 0.423 e. The molecule has 0 spiro atoms. The van der Waals surface area contributed by atoms with Gasteiger partial charge in [0.15, 0.2) is 0 Å². The van der Waals surface area contributed by atoms with Gasteiger partial charge in [-0.2, -0.15) is 0 Å². The monoisotopic (exact) mass is 1000 g/mol. The minimum absolute atomic E-state index is 0.256. The fraction of sp³-hybridized carbons (Fsp3) is 0.424. The van der Waals surface area contributed by atoms with Gasteiger partial charge in [0.05, 0.1) is 0 Å². The molecule has 15 heteroatoms. The molecule has 8 heterocycles. The van der Waals surface area contributed by atoms with Crippen LogP contribution in [0.25, 0.3) is 11.1 Å². The summed E-state index contributed by atoms with van der Waals surface area (Å²) in [6.45, 7) is 2.26. The van der Waals surface area contributed by atoms with Crippen LogP contribution in [0.15, 0.2) is 121 Å². The maximum atomic E-state index is 11.2. The summed E-state index contributed by atoms with van der Waals surface area (Å²) in [4.78, 5) is 49.2. The van der Waals surface area contributed by atoms with Crippen LogP contribution in [0.5, 0.6) is 0 Å². The number of nitrogens with one attached hydrogen (secondary N) is 2. The SMILES string of the molecule is CC1=CC2CCC(C1)N2C.CN1C2C=C(c3cccc(C(N)=O)c3)CC1CC2.NC(=O)c1cccc(B(O)O)c1.NC(=O)c1cccc(C2=CC3CCC(C2)N3)c1.NC(=O)c1cccc(C2C[C@H]3CC[C@@H](C2)N3)c1. The summed E-state index contributed by atoms with van der Waals surface area (Å²) in [5, 5.41) is 24.7. The molecule has 8 aliphatic rings. The third kappa shape index (κ3) is 13.7. The van der Waals surface area contributed by atoms with E-state index in [1.807, 2.05) is 36.4 Å². The molecule has 5 saturated heterocycles. The average Bonchev–Trinajstić information content (AvgIpc) is 4.03. The van der Waals surface area contributed by atoms with Gasteiger partial charge < -0.3 is 43.6 Å². The second-order valence-electron chi connectivity index (χ2n) is 21.5. The van der Waals surface area contributed by atoms with Crippen LogP contribution < -0.4 is 39.0 Å². The van der Waals surface area contributed by atoms with Gasteiger partial charge in [-0.15, -0.1) is 0 Å². The van der Waals surface area contributed by atoms with Crippen molar-refractivity contribution in [3.63, 3.8) is 0 Å². The molecule has 4 aromatic carbocycles. The molecular formula is C59H75BN8O6. The van der Waals surface area contributed by atoms with Crippen LogP contribution in [0.3, 0.4) is 0 Å². The Morgan fingerprint density at radius 3 is 1.54 bits per heavy atom. The Morgan fingerprint density at radius 2 is 1.01 bits per heavy atom. The molecule has 8 bridgehead atoms.